The van der Waals surface area contributed by atoms with Gasteiger partial charge in [0.05, 0.1) is 19.8 Å². The Balaban J connectivity index is 4.20. The van der Waals surface area contributed by atoms with E-state index in [9.17, 15) is 24.2 Å². The summed E-state index contributed by atoms with van der Waals surface area (Å²) in [5.41, 5.74) is 0. The number of ether oxygens (including phenoxy) is 2. The zero-order valence-electron chi connectivity index (χ0n) is 39.6. The number of unbranched alkanes of at least 4 members (excludes halogenated alkanes) is 25. The number of carbonyl (C=O) groups is 2. The van der Waals surface area contributed by atoms with Crippen molar-refractivity contribution in [1.82, 2.24) is 0 Å². The van der Waals surface area contributed by atoms with Gasteiger partial charge in [-0.1, -0.05) is 210 Å². The molecule has 3 N–H and O–H groups in total. The zero-order chi connectivity index (χ0) is 45.5. The molecule has 0 aromatic heterocycles. The summed E-state index contributed by atoms with van der Waals surface area (Å²) < 4.78 is 32.9. The first kappa shape index (κ1) is 59.9. The van der Waals surface area contributed by atoms with Crippen molar-refractivity contribution in [1.29, 1.82) is 0 Å². The fourth-order valence-electron chi connectivity index (χ4n) is 6.93. The number of allylic oxidation sites excluding steroid dienone is 8. The molecule has 0 saturated carbocycles. The van der Waals surface area contributed by atoms with Crippen LogP contribution in [0, 0.1) is 0 Å². The van der Waals surface area contributed by atoms with E-state index in [2.05, 4.69) is 62.5 Å². The van der Waals surface area contributed by atoms with E-state index in [-0.39, 0.29) is 19.4 Å². The maximum atomic E-state index is 12.7. The number of hydrogen-bond donors (Lipinski definition) is 3. The van der Waals surface area contributed by atoms with Crippen molar-refractivity contribution in [2.75, 3.05) is 26.4 Å². The number of hydrogen-bond acceptors (Lipinski definition) is 9. The van der Waals surface area contributed by atoms with Crippen LogP contribution in [0.25, 0.3) is 0 Å². The van der Waals surface area contributed by atoms with Gasteiger partial charge in [-0.3, -0.25) is 18.6 Å². The van der Waals surface area contributed by atoms with E-state index in [1.165, 1.54) is 116 Å². The summed E-state index contributed by atoms with van der Waals surface area (Å²) in [6, 6.07) is 0. The minimum absolute atomic E-state index is 0.175. The maximum absolute atomic E-state index is 12.7. The molecule has 0 amide bonds. The van der Waals surface area contributed by atoms with Crippen LogP contribution in [0.1, 0.15) is 226 Å². The minimum atomic E-state index is -4.62. The molecule has 0 aromatic carbocycles. The van der Waals surface area contributed by atoms with E-state index >= 15 is 0 Å². The highest BCUT2D eigenvalue weighted by atomic mass is 31.2. The molecule has 0 rings (SSSR count). The van der Waals surface area contributed by atoms with Crippen LogP contribution in [0.2, 0.25) is 0 Å². The predicted octanol–water partition coefficient (Wildman–Crippen LogP) is 14.1. The lowest BCUT2D eigenvalue weighted by molar-refractivity contribution is -0.161. The molecule has 62 heavy (non-hydrogen) atoms. The average Bonchev–Trinajstić information content (AvgIpc) is 3.26. The van der Waals surface area contributed by atoms with Gasteiger partial charge in [0.2, 0.25) is 0 Å². The number of phosphoric ester groups is 1. The van der Waals surface area contributed by atoms with Gasteiger partial charge in [-0.05, 0) is 51.4 Å². The molecule has 0 heterocycles. The normalized spacial score (nSPS) is 14.1. The van der Waals surface area contributed by atoms with Crippen molar-refractivity contribution in [3.8, 4) is 0 Å². The summed E-state index contributed by atoms with van der Waals surface area (Å²) in [6.45, 7) is 2.29. The highest BCUT2D eigenvalue weighted by Crippen LogP contribution is 2.43. The Morgan fingerprint density at radius 2 is 0.887 bits per heavy atom. The van der Waals surface area contributed by atoms with Gasteiger partial charge in [0, 0.05) is 12.8 Å². The van der Waals surface area contributed by atoms with Gasteiger partial charge in [0.25, 0.3) is 0 Å². The molecular formula is C51H93O10P. The molecule has 10 nitrogen and oxygen atoms in total. The fraction of sp³-hybridized carbons (Fsp3) is 0.804. The number of phosphoric acid groups is 1. The van der Waals surface area contributed by atoms with Crippen LogP contribution in [0.4, 0.5) is 0 Å². The van der Waals surface area contributed by atoms with E-state index in [4.69, 9.17) is 23.6 Å². The summed E-state index contributed by atoms with van der Waals surface area (Å²) >= 11 is 0. The molecule has 0 spiro atoms. The Morgan fingerprint density at radius 3 is 1.34 bits per heavy atom. The minimum Gasteiger partial charge on any atom is -0.462 e. The third kappa shape index (κ3) is 45.9. The Morgan fingerprint density at radius 1 is 0.500 bits per heavy atom. The first-order chi connectivity index (χ1) is 30.2. The van der Waals surface area contributed by atoms with Gasteiger partial charge < -0.3 is 24.6 Å². The molecule has 0 aliphatic carbocycles. The molecule has 362 valence electrons. The Bertz CT molecular complexity index is 1170. The van der Waals surface area contributed by atoms with E-state index in [0.29, 0.717) is 12.8 Å². The second kappa shape index (κ2) is 46.9. The standard InChI is InChI=1S/C51H93O10P/c1-3-5-7-9-11-13-15-17-19-21-23-24-25-27-29-31-33-35-37-39-41-43-51(55)61-49(47-60-62(56,57)59-45-48(53)44-52)46-58-50(54)42-40-38-36-34-32-30-28-26-22-20-18-16-14-12-10-8-6-4-2/h5,7,11,13,17,19,23-24,48-49,52-53H,3-4,6,8-10,12,14-16,18,20-22,25-47H2,1-2H3,(H,56,57)/b7-5-,13-11-,19-17-,24-23-. The van der Waals surface area contributed by atoms with Gasteiger partial charge in [-0.15, -0.1) is 0 Å². The lowest BCUT2D eigenvalue weighted by Gasteiger charge is -2.20. The van der Waals surface area contributed by atoms with E-state index in [1.807, 2.05) is 0 Å². The van der Waals surface area contributed by atoms with Crippen molar-refractivity contribution in [2.45, 2.75) is 238 Å². The number of esters is 2. The van der Waals surface area contributed by atoms with Gasteiger partial charge in [0.1, 0.15) is 12.7 Å². The second-order valence-electron chi connectivity index (χ2n) is 16.8. The number of aliphatic hydroxyl groups excluding tert-OH is 2. The molecule has 11 heteroatoms. The van der Waals surface area contributed by atoms with Crippen LogP contribution in [0.15, 0.2) is 48.6 Å². The topological polar surface area (TPSA) is 149 Å². The summed E-state index contributed by atoms with van der Waals surface area (Å²) in [7, 11) is -4.62. The van der Waals surface area contributed by atoms with E-state index < -0.39 is 51.8 Å². The van der Waals surface area contributed by atoms with Gasteiger partial charge in [-0.25, -0.2) is 4.57 Å². The first-order valence-corrected chi connectivity index (χ1v) is 26.6. The monoisotopic (exact) mass is 897 g/mol. The van der Waals surface area contributed by atoms with Crippen LogP contribution >= 0.6 is 7.82 Å². The third-order valence-corrected chi connectivity index (χ3v) is 11.7. The van der Waals surface area contributed by atoms with Crippen molar-refractivity contribution >= 4 is 19.8 Å². The smallest absolute Gasteiger partial charge is 0.462 e. The Labute approximate surface area is 379 Å². The van der Waals surface area contributed by atoms with E-state index in [1.54, 1.807) is 0 Å². The van der Waals surface area contributed by atoms with E-state index in [0.717, 1.165) is 70.6 Å². The quantitative estimate of drug-likeness (QED) is 0.0233. The van der Waals surface area contributed by atoms with Crippen molar-refractivity contribution in [2.24, 2.45) is 0 Å². The van der Waals surface area contributed by atoms with Crippen LogP contribution in [0.3, 0.4) is 0 Å². The number of aliphatic hydroxyl groups is 2. The van der Waals surface area contributed by atoms with Gasteiger partial charge in [0.15, 0.2) is 6.10 Å². The highest BCUT2D eigenvalue weighted by molar-refractivity contribution is 7.47. The average molecular weight is 897 g/mol. The number of rotatable bonds is 47. The van der Waals surface area contributed by atoms with Crippen LogP contribution in [0.5, 0.6) is 0 Å². The lowest BCUT2D eigenvalue weighted by atomic mass is 10.0. The fourth-order valence-corrected chi connectivity index (χ4v) is 7.72. The molecule has 0 radical (unpaired) electrons. The maximum Gasteiger partial charge on any atom is 0.472 e. The van der Waals surface area contributed by atoms with Crippen molar-refractivity contribution < 1.29 is 47.8 Å². The summed E-state index contributed by atoms with van der Waals surface area (Å²) in [5, 5.41) is 18.4. The number of carbonyl (C=O) groups excluding carboxylic acids is 2. The SMILES string of the molecule is CC/C=C\C/C=C\C/C=C\C/C=C\CCCCCCCCCCC(=O)OC(COC(=O)CCCCCCCCCCCCCCCCCCCC)COP(=O)(O)OCC(O)CO. The molecule has 3 atom stereocenters. The van der Waals surface area contributed by atoms with Crippen LogP contribution in [-0.2, 0) is 32.7 Å². The Kier molecular flexibility index (Phi) is 45.3. The molecule has 0 aliphatic heterocycles. The third-order valence-electron chi connectivity index (χ3n) is 10.7. The zero-order valence-corrected chi connectivity index (χ0v) is 40.5. The summed E-state index contributed by atoms with van der Waals surface area (Å²) in [5.74, 6) is -0.926. The molecule has 0 fully saturated rings. The van der Waals surface area contributed by atoms with Gasteiger partial charge in [-0.2, -0.15) is 0 Å². The van der Waals surface area contributed by atoms with Crippen LogP contribution in [-0.4, -0.2) is 65.7 Å². The molecule has 0 aromatic rings. The molecule has 0 bridgehead atoms. The first-order valence-electron chi connectivity index (χ1n) is 25.1. The molecular weight excluding hydrogens is 804 g/mol. The van der Waals surface area contributed by atoms with Crippen LogP contribution < -0.4 is 0 Å². The second-order valence-corrected chi connectivity index (χ2v) is 18.3. The van der Waals surface area contributed by atoms with Gasteiger partial charge >= 0.3 is 19.8 Å². The largest absolute Gasteiger partial charge is 0.472 e. The molecule has 0 saturated heterocycles. The van der Waals surface area contributed by atoms with Crippen molar-refractivity contribution in [3.63, 3.8) is 0 Å². The molecule has 0 aliphatic rings. The Hall–Kier alpha value is -2.07. The molecule has 3 unspecified atom stereocenters. The summed E-state index contributed by atoms with van der Waals surface area (Å²) in [6.07, 6.45) is 52.1. The highest BCUT2D eigenvalue weighted by Gasteiger charge is 2.27. The predicted molar refractivity (Wildman–Crippen MR) is 256 cm³/mol. The van der Waals surface area contributed by atoms with Crippen molar-refractivity contribution in [3.05, 3.63) is 48.6 Å². The lowest BCUT2D eigenvalue weighted by Crippen LogP contribution is -2.29. The summed E-state index contributed by atoms with van der Waals surface area (Å²) in [4.78, 5) is 35.2.